The maximum absolute atomic E-state index is 6.15. The summed E-state index contributed by atoms with van der Waals surface area (Å²) in [4.78, 5) is 2.59. The van der Waals surface area contributed by atoms with Crippen molar-refractivity contribution >= 4 is 11.6 Å². The van der Waals surface area contributed by atoms with Crippen LogP contribution in [-0.4, -0.2) is 31.1 Å². The molecule has 0 aliphatic carbocycles. The van der Waals surface area contributed by atoms with E-state index in [0.717, 1.165) is 29.7 Å². The lowest BCUT2D eigenvalue weighted by molar-refractivity contribution is 0.177. The maximum Gasteiger partial charge on any atom is 0.137 e. The van der Waals surface area contributed by atoms with Crippen LogP contribution in [0.2, 0.25) is 5.02 Å². The molecule has 1 aliphatic rings. The first-order chi connectivity index (χ1) is 9.65. The summed E-state index contributed by atoms with van der Waals surface area (Å²) in [5.41, 5.74) is 1.17. The molecular weight excluding hydrogens is 270 g/mol. The smallest absolute Gasteiger partial charge is 0.137 e. The van der Waals surface area contributed by atoms with E-state index in [-0.39, 0.29) is 0 Å². The topological polar surface area (TPSA) is 12.5 Å². The highest BCUT2D eigenvalue weighted by Crippen LogP contribution is 2.25. The van der Waals surface area contributed by atoms with Gasteiger partial charge in [0.15, 0.2) is 0 Å². The van der Waals surface area contributed by atoms with Gasteiger partial charge in [0, 0.05) is 6.54 Å². The normalized spacial score (nSPS) is 20.1. The van der Waals surface area contributed by atoms with Gasteiger partial charge >= 0.3 is 0 Å². The highest BCUT2D eigenvalue weighted by atomic mass is 35.5. The predicted molar refractivity (Wildman–Crippen MR) is 85.8 cm³/mol. The van der Waals surface area contributed by atoms with E-state index in [1.807, 2.05) is 25.1 Å². The van der Waals surface area contributed by atoms with Gasteiger partial charge in [0.05, 0.1) is 11.6 Å². The third kappa shape index (κ3) is 4.99. The van der Waals surface area contributed by atoms with Gasteiger partial charge in [-0.05, 0) is 69.3 Å². The summed E-state index contributed by atoms with van der Waals surface area (Å²) >= 11 is 6.15. The summed E-state index contributed by atoms with van der Waals surface area (Å²) in [6.07, 6.45) is 5.05. The van der Waals surface area contributed by atoms with Gasteiger partial charge < -0.3 is 9.64 Å². The molecule has 1 fully saturated rings. The van der Waals surface area contributed by atoms with Gasteiger partial charge in [0.25, 0.3) is 0 Å². The first-order valence-corrected chi connectivity index (χ1v) is 8.14. The molecule has 1 aromatic rings. The minimum absolute atomic E-state index is 0.717. The second-order valence-electron chi connectivity index (χ2n) is 6.04. The Hall–Kier alpha value is -0.730. The summed E-state index contributed by atoms with van der Waals surface area (Å²) < 4.78 is 5.75. The summed E-state index contributed by atoms with van der Waals surface area (Å²) in [5.74, 6) is 1.68. The molecule has 1 aromatic carbocycles. The third-order valence-electron chi connectivity index (χ3n) is 3.95. The van der Waals surface area contributed by atoms with E-state index in [4.69, 9.17) is 16.3 Å². The molecule has 0 N–H and O–H groups in total. The summed E-state index contributed by atoms with van der Waals surface area (Å²) in [5, 5.41) is 0.717. The van der Waals surface area contributed by atoms with Crippen molar-refractivity contribution in [3.8, 4) is 5.75 Å². The molecule has 0 saturated carbocycles. The molecule has 0 radical (unpaired) electrons. The van der Waals surface area contributed by atoms with Crippen molar-refractivity contribution in [1.82, 2.24) is 4.90 Å². The lowest BCUT2D eigenvalue weighted by Crippen LogP contribution is -2.35. The number of benzene rings is 1. The molecule has 1 aliphatic heterocycles. The predicted octanol–water partition coefficient (Wildman–Crippen LogP) is 4.54. The van der Waals surface area contributed by atoms with E-state index in [1.54, 1.807) is 0 Å². The fourth-order valence-corrected chi connectivity index (χ4v) is 3.12. The quantitative estimate of drug-likeness (QED) is 0.715. The number of hydrogen-bond acceptors (Lipinski definition) is 2. The van der Waals surface area contributed by atoms with Gasteiger partial charge in [0.1, 0.15) is 5.75 Å². The van der Waals surface area contributed by atoms with Crippen LogP contribution in [0.5, 0.6) is 5.75 Å². The summed E-state index contributed by atoms with van der Waals surface area (Å²) in [6.45, 7) is 8.89. The van der Waals surface area contributed by atoms with Crippen molar-refractivity contribution in [3.05, 3.63) is 28.8 Å². The van der Waals surface area contributed by atoms with Crippen molar-refractivity contribution in [2.24, 2.45) is 5.92 Å². The Balaban J connectivity index is 1.61. The Kier molecular flexibility index (Phi) is 6.18. The average Bonchev–Trinajstić information content (AvgIpc) is 2.41. The number of piperidine rings is 1. The molecule has 0 amide bonds. The molecule has 1 atom stereocenters. The van der Waals surface area contributed by atoms with Crippen molar-refractivity contribution in [2.45, 2.75) is 39.5 Å². The molecule has 3 heteroatoms. The van der Waals surface area contributed by atoms with Crippen molar-refractivity contribution in [3.63, 3.8) is 0 Å². The van der Waals surface area contributed by atoms with Gasteiger partial charge in [-0.3, -0.25) is 0 Å². The van der Waals surface area contributed by atoms with Crippen molar-refractivity contribution in [2.75, 3.05) is 26.2 Å². The van der Waals surface area contributed by atoms with Gasteiger partial charge in [0.2, 0.25) is 0 Å². The number of likely N-dealkylation sites (tertiary alicyclic amines) is 1. The number of halogens is 1. The Bertz CT molecular complexity index is 421. The second kappa shape index (κ2) is 7.90. The number of rotatable bonds is 6. The molecule has 112 valence electrons. The van der Waals surface area contributed by atoms with Crippen molar-refractivity contribution < 1.29 is 4.74 Å². The van der Waals surface area contributed by atoms with Crippen molar-refractivity contribution in [1.29, 1.82) is 0 Å². The molecule has 0 unspecified atom stereocenters. The summed E-state index contributed by atoms with van der Waals surface area (Å²) in [7, 11) is 0. The van der Waals surface area contributed by atoms with Crippen LogP contribution in [0.3, 0.4) is 0 Å². The van der Waals surface area contributed by atoms with E-state index >= 15 is 0 Å². The molecule has 20 heavy (non-hydrogen) atoms. The summed E-state index contributed by atoms with van der Waals surface area (Å²) in [6, 6.07) is 5.95. The average molecular weight is 296 g/mol. The van der Waals surface area contributed by atoms with Crippen LogP contribution >= 0.6 is 11.6 Å². The van der Waals surface area contributed by atoms with Gasteiger partial charge in [-0.15, -0.1) is 0 Å². The minimum Gasteiger partial charge on any atom is -0.492 e. The van der Waals surface area contributed by atoms with Crippen LogP contribution in [0.1, 0.15) is 38.2 Å². The van der Waals surface area contributed by atoms with Crippen LogP contribution in [0.25, 0.3) is 0 Å². The van der Waals surface area contributed by atoms with Gasteiger partial charge in [-0.2, -0.15) is 0 Å². The Morgan fingerprint density at radius 2 is 2.20 bits per heavy atom. The zero-order valence-electron chi connectivity index (χ0n) is 12.7. The number of ether oxygens (including phenoxy) is 1. The van der Waals surface area contributed by atoms with Crippen LogP contribution in [0.15, 0.2) is 18.2 Å². The number of nitrogens with zero attached hydrogens (tertiary/aromatic N) is 1. The third-order valence-corrected chi connectivity index (χ3v) is 4.25. The maximum atomic E-state index is 6.15. The number of aryl methyl sites for hydroxylation is 1. The SMILES string of the molecule is Cc1ccc(OCCCCN2CCC[C@@H](C)C2)c(Cl)c1. The first kappa shape index (κ1) is 15.7. The monoisotopic (exact) mass is 295 g/mol. The highest BCUT2D eigenvalue weighted by molar-refractivity contribution is 6.32. The molecule has 0 aromatic heterocycles. The molecule has 0 spiro atoms. The van der Waals surface area contributed by atoms with Crippen LogP contribution in [0, 0.1) is 12.8 Å². The van der Waals surface area contributed by atoms with E-state index in [9.17, 15) is 0 Å². The molecule has 0 bridgehead atoms. The van der Waals surface area contributed by atoms with E-state index < -0.39 is 0 Å². The standard InChI is InChI=1S/C17H26ClNO/c1-14-7-8-17(16(18)12-14)20-11-4-3-9-19-10-5-6-15(2)13-19/h7-8,12,15H,3-6,9-11,13H2,1-2H3/t15-/m1/s1. The zero-order chi connectivity index (χ0) is 14.4. The molecule has 1 heterocycles. The first-order valence-electron chi connectivity index (χ1n) is 7.76. The minimum atomic E-state index is 0.717. The van der Waals surface area contributed by atoms with Gasteiger partial charge in [-0.1, -0.05) is 24.6 Å². The van der Waals surface area contributed by atoms with Gasteiger partial charge in [-0.25, -0.2) is 0 Å². The molecule has 1 saturated heterocycles. The van der Waals surface area contributed by atoms with E-state index in [2.05, 4.69) is 11.8 Å². The van der Waals surface area contributed by atoms with E-state index in [1.165, 1.54) is 44.5 Å². The lowest BCUT2D eigenvalue weighted by atomic mass is 10.0. The lowest BCUT2D eigenvalue weighted by Gasteiger charge is -2.30. The van der Waals surface area contributed by atoms with E-state index in [0.29, 0.717) is 0 Å². The molecule has 2 rings (SSSR count). The fraction of sp³-hybridized carbons (Fsp3) is 0.647. The van der Waals surface area contributed by atoms with Crippen LogP contribution in [0.4, 0.5) is 0 Å². The number of unbranched alkanes of at least 4 members (excludes halogenated alkanes) is 1. The Labute approximate surface area is 128 Å². The van der Waals surface area contributed by atoms with Crippen LogP contribution < -0.4 is 4.74 Å². The largest absolute Gasteiger partial charge is 0.492 e. The Morgan fingerprint density at radius 3 is 2.95 bits per heavy atom. The Morgan fingerprint density at radius 1 is 1.35 bits per heavy atom. The highest BCUT2D eigenvalue weighted by Gasteiger charge is 2.15. The molecule has 2 nitrogen and oxygen atoms in total. The number of hydrogen-bond donors (Lipinski definition) is 0. The zero-order valence-corrected chi connectivity index (χ0v) is 13.5. The second-order valence-corrected chi connectivity index (χ2v) is 6.44. The molecular formula is C17H26ClNO. The fourth-order valence-electron chi connectivity index (χ4n) is 2.83. The van der Waals surface area contributed by atoms with Crippen LogP contribution in [-0.2, 0) is 0 Å².